The summed E-state index contributed by atoms with van der Waals surface area (Å²) in [5.41, 5.74) is 1.92. The van der Waals surface area contributed by atoms with Gasteiger partial charge >= 0.3 is 0 Å². The lowest BCUT2D eigenvalue weighted by Crippen LogP contribution is -2.05. The smallest absolute Gasteiger partial charge is 0.123 e. The second-order valence-electron chi connectivity index (χ2n) is 4.39. The molecule has 1 aromatic heterocycles. The van der Waals surface area contributed by atoms with Crippen molar-refractivity contribution in [3.63, 3.8) is 0 Å². The molecule has 1 heterocycles. The van der Waals surface area contributed by atoms with Gasteiger partial charge in [-0.1, -0.05) is 12.1 Å². The number of thiazole rings is 1. The van der Waals surface area contributed by atoms with E-state index in [4.69, 9.17) is 0 Å². The summed E-state index contributed by atoms with van der Waals surface area (Å²) in [6.45, 7) is 2.06. The van der Waals surface area contributed by atoms with Crippen LogP contribution in [0, 0.1) is 5.82 Å². The highest BCUT2D eigenvalue weighted by Crippen LogP contribution is 2.28. The summed E-state index contributed by atoms with van der Waals surface area (Å²) < 4.78 is 14.0. The zero-order valence-electron chi connectivity index (χ0n) is 10.4. The summed E-state index contributed by atoms with van der Waals surface area (Å²) in [7, 11) is 0. The predicted octanol–water partition coefficient (Wildman–Crippen LogP) is 4.61. The Kier molecular flexibility index (Phi) is 3.17. The van der Waals surface area contributed by atoms with Gasteiger partial charge in [-0.05, 0) is 43.3 Å². The van der Waals surface area contributed by atoms with E-state index in [9.17, 15) is 4.39 Å². The van der Waals surface area contributed by atoms with Crippen molar-refractivity contribution in [1.82, 2.24) is 4.98 Å². The molecule has 2 aromatic carbocycles. The standard InChI is InChI=1S/C15H13FN2S/c1-10(17-12-8-6-11(16)7-9-12)15-18-13-4-2-3-5-14(13)19-15/h2-10,17H,1H3. The number of benzene rings is 2. The number of hydrogen-bond donors (Lipinski definition) is 1. The van der Waals surface area contributed by atoms with E-state index in [1.165, 1.54) is 16.8 Å². The molecule has 3 aromatic rings. The summed E-state index contributed by atoms with van der Waals surface area (Å²) in [5.74, 6) is -0.224. The lowest BCUT2D eigenvalue weighted by Gasteiger charge is -2.12. The molecule has 0 radical (unpaired) electrons. The van der Waals surface area contributed by atoms with Gasteiger partial charge in [0.15, 0.2) is 0 Å². The van der Waals surface area contributed by atoms with E-state index in [1.807, 2.05) is 18.2 Å². The molecule has 96 valence electrons. The van der Waals surface area contributed by atoms with Crippen molar-refractivity contribution in [2.75, 3.05) is 5.32 Å². The van der Waals surface area contributed by atoms with Gasteiger partial charge in [0.25, 0.3) is 0 Å². The van der Waals surface area contributed by atoms with Gasteiger partial charge in [0, 0.05) is 5.69 Å². The summed E-state index contributed by atoms with van der Waals surface area (Å²) >= 11 is 1.68. The molecule has 0 aliphatic heterocycles. The molecule has 0 spiro atoms. The molecule has 0 amide bonds. The maximum atomic E-state index is 12.8. The number of rotatable bonds is 3. The fraction of sp³-hybridized carbons (Fsp3) is 0.133. The number of anilines is 1. The van der Waals surface area contributed by atoms with Crippen LogP contribution in [0.5, 0.6) is 0 Å². The van der Waals surface area contributed by atoms with Crippen molar-refractivity contribution in [3.8, 4) is 0 Å². The van der Waals surface area contributed by atoms with Crippen molar-refractivity contribution >= 4 is 27.2 Å². The Balaban J connectivity index is 1.83. The van der Waals surface area contributed by atoms with E-state index >= 15 is 0 Å². The molecule has 0 fully saturated rings. The van der Waals surface area contributed by atoms with E-state index in [0.29, 0.717) is 0 Å². The summed E-state index contributed by atoms with van der Waals surface area (Å²) in [6.07, 6.45) is 0. The number of nitrogens with one attached hydrogen (secondary N) is 1. The van der Waals surface area contributed by atoms with Crippen LogP contribution in [0.3, 0.4) is 0 Å². The summed E-state index contributed by atoms with van der Waals surface area (Å²) in [5, 5.41) is 4.36. The van der Waals surface area contributed by atoms with Crippen LogP contribution in [0.4, 0.5) is 10.1 Å². The second-order valence-corrected chi connectivity index (χ2v) is 5.45. The van der Waals surface area contributed by atoms with E-state index in [2.05, 4.69) is 23.3 Å². The van der Waals surface area contributed by atoms with Crippen LogP contribution in [-0.2, 0) is 0 Å². The average molecular weight is 272 g/mol. The fourth-order valence-electron chi connectivity index (χ4n) is 1.93. The maximum absolute atomic E-state index is 12.8. The minimum atomic E-state index is -0.224. The highest BCUT2D eigenvalue weighted by Gasteiger charge is 2.11. The quantitative estimate of drug-likeness (QED) is 0.753. The molecule has 19 heavy (non-hydrogen) atoms. The Labute approximate surface area is 114 Å². The average Bonchev–Trinajstić information content (AvgIpc) is 2.85. The van der Waals surface area contributed by atoms with Gasteiger partial charge in [0.1, 0.15) is 10.8 Å². The molecule has 0 saturated heterocycles. The minimum Gasteiger partial charge on any atom is -0.376 e. The number of para-hydroxylation sites is 1. The maximum Gasteiger partial charge on any atom is 0.123 e. The fourth-order valence-corrected chi connectivity index (χ4v) is 2.90. The molecule has 1 atom stereocenters. The van der Waals surface area contributed by atoms with Crippen LogP contribution >= 0.6 is 11.3 Å². The number of hydrogen-bond acceptors (Lipinski definition) is 3. The van der Waals surface area contributed by atoms with E-state index in [-0.39, 0.29) is 11.9 Å². The largest absolute Gasteiger partial charge is 0.376 e. The van der Waals surface area contributed by atoms with Crippen molar-refractivity contribution in [2.45, 2.75) is 13.0 Å². The molecular formula is C15H13FN2S. The Morgan fingerprint density at radius 3 is 2.58 bits per heavy atom. The third kappa shape index (κ3) is 2.58. The molecule has 2 nitrogen and oxygen atoms in total. The molecule has 0 aliphatic carbocycles. The third-order valence-corrected chi connectivity index (χ3v) is 4.13. The zero-order chi connectivity index (χ0) is 13.2. The molecule has 1 unspecified atom stereocenters. The Hall–Kier alpha value is -1.94. The first-order valence-electron chi connectivity index (χ1n) is 6.10. The molecule has 1 N–H and O–H groups in total. The van der Waals surface area contributed by atoms with E-state index in [0.717, 1.165) is 16.2 Å². The highest BCUT2D eigenvalue weighted by molar-refractivity contribution is 7.18. The van der Waals surface area contributed by atoms with Crippen molar-refractivity contribution < 1.29 is 4.39 Å². The van der Waals surface area contributed by atoms with Crippen molar-refractivity contribution in [2.24, 2.45) is 0 Å². The van der Waals surface area contributed by atoms with Gasteiger partial charge < -0.3 is 5.32 Å². The van der Waals surface area contributed by atoms with Gasteiger partial charge in [0.05, 0.1) is 16.3 Å². The van der Waals surface area contributed by atoms with Crippen molar-refractivity contribution in [1.29, 1.82) is 0 Å². The van der Waals surface area contributed by atoms with Crippen LogP contribution in [-0.4, -0.2) is 4.98 Å². The van der Waals surface area contributed by atoms with Crippen LogP contribution in [0.2, 0.25) is 0 Å². The van der Waals surface area contributed by atoms with Gasteiger partial charge in [-0.3, -0.25) is 0 Å². The molecule has 0 aliphatic rings. The lowest BCUT2D eigenvalue weighted by molar-refractivity contribution is 0.628. The van der Waals surface area contributed by atoms with E-state index < -0.39 is 0 Å². The molecule has 0 saturated carbocycles. The monoisotopic (exact) mass is 272 g/mol. The van der Waals surface area contributed by atoms with Gasteiger partial charge in [-0.15, -0.1) is 11.3 Å². The SMILES string of the molecule is CC(Nc1ccc(F)cc1)c1nc2ccccc2s1. The van der Waals surface area contributed by atoms with Crippen LogP contribution in [0.1, 0.15) is 18.0 Å². The van der Waals surface area contributed by atoms with Crippen molar-refractivity contribution in [3.05, 3.63) is 59.4 Å². The highest BCUT2D eigenvalue weighted by atomic mass is 32.1. The number of nitrogens with zero attached hydrogens (tertiary/aromatic N) is 1. The van der Waals surface area contributed by atoms with E-state index in [1.54, 1.807) is 23.5 Å². The molecule has 3 rings (SSSR count). The first-order chi connectivity index (χ1) is 9.22. The minimum absolute atomic E-state index is 0.0999. The topological polar surface area (TPSA) is 24.9 Å². The lowest BCUT2D eigenvalue weighted by atomic mass is 10.2. The van der Waals surface area contributed by atoms with Gasteiger partial charge in [-0.2, -0.15) is 0 Å². The summed E-state index contributed by atoms with van der Waals surface area (Å²) in [6, 6.07) is 14.6. The number of fused-ring (bicyclic) bond motifs is 1. The number of halogens is 1. The van der Waals surface area contributed by atoms with Gasteiger partial charge in [-0.25, -0.2) is 9.37 Å². The molecule has 4 heteroatoms. The molecular weight excluding hydrogens is 259 g/mol. The summed E-state index contributed by atoms with van der Waals surface area (Å²) in [4.78, 5) is 4.61. The van der Waals surface area contributed by atoms with Crippen LogP contribution in [0.25, 0.3) is 10.2 Å². The predicted molar refractivity (Wildman–Crippen MR) is 78.1 cm³/mol. The third-order valence-electron chi connectivity index (χ3n) is 2.91. The first-order valence-corrected chi connectivity index (χ1v) is 6.91. The zero-order valence-corrected chi connectivity index (χ0v) is 11.2. The number of aromatic nitrogens is 1. The Morgan fingerprint density at radius 1 is 1.11 bits per heavy atom. The second kappa shape index (κ2) is 4.97. The van der Waals surface area contributed by atoms with Crippen LogP contribution in [0.15, 0.2) is 48.5 Å². The van der Waals surface area contributed by atoms with Crippen LogP contribution < -0.4 is 5.32 Å². The normalized spacial score (nSPS) is 12.5. The Bertz CT molecular complexity index is 658. The molecule has 0 bridgehead atoms. The Morgan fingerprint density at radius 2 is 1.84 bits per heavy atom. The first kappa shape index (κ1) is 12.1. The van der Waals surface area contributed by atoms with Gasteiger partial charge in [0.2, 0.25) is 0 Å².